The van der Waals surface area contributed by atoms with Gasteiger partial charge < -0.3 is 9.72 Å². The molecule has 7 nitrogen and oxygen atoms in total. The second-order valence-corrected chi connectivity index (χ2v) is 8.51. The summed E-state index contributed by atoms with van der Waals surface area (Å²) >= 11 is 13.1. The van der Waals surface area contributed by atoms with E-state index in [0.29, 0.717) is 21.5 Å². The third-order valence-electron chi connectivity index (χ3n) is 4.36. The van der Waals surface area contributed by atoms with Crippen molar-refractivity contribution in [2.45, 2.75) is 5.16 Å². The lowest BCUT2D eigenvalue weighted by molar-refractivity contribution is -0.118. The molecule has 0 atom stereocenters. The van der Waals surface area contributed by atoms with Crippen molar-refractivity contribution in [3.05, 3.63) is 87.9 Å². The highest BCUT2D eigenvalue weighted by molar-refractivity contribution is 7.99. The molecule has 0 aliphatic carbocycles. The van der Waals surface area contributed by atoms with Gasteiger partial charge in [0.05, 0.1) is 38.6 Å². The number of carbonyl (C=O) groups excluding carboxylic acids is 2. The number of hydrogen-bond acceptors (Lipinski definition) is 6. The predicted octanol–water partition coefficient (Wildman–Crippen LogP) is 5.33. The average molecular weight is 499 g/mol. The van der Waals surface area contributed by atoms with E-state index in [9.17, 15) is 9.59 Å². The first-order valence-electron chi connectivity index (χ1n) is 9.65. The Labute approximate surface area is 203 Å². The quantitative estimate of drug-likeness (QED) is 0.118. The van der Waals surface area contributed by atoms with E-state index < -0.39 is 5.97 Å². The summed E-state index contributed by atoms with van der Waals surface area (Å²) in [6, 6.07) is 18.8. The normalized spacial score (nSPS) is 11.1. The Bertz CT molecular complexity index is 1310. The molecule has 33 heavy (non-hydrogen) atoms. The van der Waals surface area contributed by atoms with E-state index in [1.54, 1.807) is 24.3 Å². The second-order valence-electron chi connectivity index (χ2n) is 6.73. The van der Waals surface area contributed by atoms with Crippen LogP contribution < -0.4 is 10.2 Å². The number of fused-ring (bicyclic) bond motifs is 1. The third kappa shape index (κ3) is 6.13. The van der Waals surface area contributed by atoms with Crippen molar-refractivity contribution in [3.63, 3.8) is 0 Å². The number of imidazole rings is 1. The van der Waals surface area contributed by atoms with E-state index >= 15 is 0 Å². The van der Waals surface area contributed by atoms with Gasteiger partial charge in [-0.25, -0.2) is 15.2 Å². The Morgan fingerprint density at radius 2 is 1.85 bits per heavy atom. The van der Waals surface area contributed by atoms with Crippen molar-refractivity contribution in [2.24, 2.45) is 5.10 Å². The predicted molar refractivity (Wildman–Crippen MR) is 130 cm³/mol. The van der Waals surface area contributed by atoms with Crippen LogP contribution in [-0.4, -0.2) is 33.8 Å². The molecule has 0 aliphatic heterocycles. The SMILES string of the molecule is O=C(CSc1nc2ccccc2[nH]1)N/N=C\c1ccc(OC(=O)c2ccc(Cl)c(Cl)c2)cc1. The summed E-state index contributed by atoms with van der Waals surface area (Å²) in [6.45, 7) is 0. The van der Waals surface area contributed by atoms with Crippen LogP contribution in [0, 0.1) is 0 Å². The van der Waals surface area contributed by atoms with E-state index in [1.165, 1.54) is 36.2 Å². The van der Waals surface area contributed by atoms with Gasteiger partial charge in [-0.1, -0.05) is 47.1 Å². The summed E-state index contributed by atoms with van der Waals surface area (Å²) in [5.74, 6) is -0.289. The van der Waals surface area contributed by atoms with Crippen LogP contribution in [-0.2, 0) is 4.79 Å². The molecule has 1 heterocycles. The molecule has 166 valence electrons. The summed E-state index contributed by atoms with van der Waals surface area (Å²) in [6.07, 6.45) is 1.49. The van der Waals surface area contributed by atoms with Gasteiger partial charge in [-0.2, -0.15) is 5.10 Å². The van der Waals surface area contributed by atoms with E-state index in [-0.39, 0.29) is 16.7 Å². The topological polar surface area (TPSA) is 96.4 Å². The molecule has 0 fully saturated rings. The van der Waals surface area contributed by atoms with E-state index in [2.05, 4.69) is 20.5 Å². The Kier molecular flexibility index (Phi) is 7.29. The molecular weight excluding hydrogens is 483 g/mol. The number of halogens is 2. The molecule has 1 aromatic heterocycles. The van der Waals surface area contributed by atoms with Gasteiger partial charge in [0.25, 0.3) is 5.91 Å². The fourth-order valence-electron chi connectivity index (χ4n) is 2.75. The first-order valence-corrected chi connectivity index (χ1v) is 11.4. The minimum absolute atomic E-state index is 0.167. The molecule has 4 aromatic rings. The van der Waals surface area contributed by atoms with Crippen LogP contribution >= 0.6 is 35.0 Å². The fraction of sp³-hybridized carbons (Fsp3) is 0.0435. The van der Waals surface area contributed by atoms with Crippen LogP contribution in [0.3, 0.4) is 0 Å². The number of H-pyrrole nitrogens is 1. The maximum atomic E-state index is 12.2. The number of thioether (sulfide) groups is 1. The summed E-state index contributed by atoms with van der Waals surface area (Å²) in [7, 11) is 0. The lowest BCUT2D eigenvalue weighted by atomic mass is 10.2. The number of nitrogens with zero attached hydrogens (tertiary/aromatic N) is 2. The molecule has 0 aliphatic rings. The van der Waals surface area contributed by atoms with Gasteiger partial charge in [-0.05, 0) is 60.2 Å². The minimum Gasteiger partial charge on any atom is -0.423 e. The number of aromatic amines is 1. The average Bonchev–Trinajstić information content (AvgIpc) is 3.24. The first kappa shape index (κ1) is 22.8. The van der Waals surface area contributed by atoms with Gasteiger partial charge in [0.2, 0.25) is 0 Å². The maximum absolute atomic E-state index is 12.2. The Balaban J connectivity index is 1.25. The number of aromatic nitrogens is 2. The van der Waals surface area contributed by atoms with Crippen LogP contribution in [0.4, 0.5) is 0 Å². The fourth-order valence-corrected chi connectivity index (χ4v) is 3.73. The number of carbonyl (C=O) groups is 2. The smallest absolute Gasteiger partial charge is 0.343 e. The molecule has 1 amide bonds. The van der Waals surface area contributed by atoms with Crippen molar-refractivity contribution in [1.29, 1.82) is 0 Å². The molecule has 2 N–H and O–H groups in total. The van der Waals surface area contributed by atoms with Crippen LogP contribution in [0.25, 0.3) is 11.0 Å². The van der Waals surface area contributed by atoms with Gasteiger partial charge in [0, 0.05) is 0 Å². The van der Waals surface area contributed by atoms with Crippen molar-refractivity contribution in [2.75, 3.05) is 5.75 Å². The zero-order chi connectivity index (χ0) is 23.2. The largest absolute Gasteiger partial charge is 0.423 e. The highest BCUT2D eigenvalue weighted by Gasteiger charge is 2.11. The van der Waals surface area contributed by atoms with Crippen LogP contribution in [0.2, 0.25) is 10.0 Å². The minimum atomic E-state index is -0.552. The molecule has 0 bridgehead atoms. The van der Waals surface area contributed by atoms with Gasteiger partial charge in [-0.15, -0.1) is 0 Å². The maximum Gasteiger partial charge on any atom is 0.343 e. The third-order valence-corrected chi connectivity index (χ3v) is 5.97. The zero-order valence-electron chi connectivity index (χ0n) is 16.9. The van der Waals surface area contributed by atoms with Gasteiger partial charge in [-0.3, -0.25) is 4.79 Å². The Hall–Kier alpha value is -3.33. The monoisotopic (exact) mass is 498 g/mol. The standard InChI is InChI=1S/C23H16Cl2N4O3S/c24-17-10-7-15(11-18(17)25)22(31)32-16-8-5-14(6-9-16)12-26-29-21(30)13-33-23-27-19-3-1-2-4-20(19)28-23/h1-12H,13H2,(H,27,28)(H,29,30)/b26-12-. The molecule has 0 unspecified atom stereocenters. The number of esters is 1. The van der Waals surface area contributed by atoms with Crippen LogP contribution in [0.1, 0.15) is 15.9 Å². The molecule has 0 saturated carbocycles. The number of nitrogens with one attached hydrogen (secondary N) is 2. The van der Waals surface area contributed by atoms with E-state index in [0.717, 1.165) is 16.6 Å². The number of amides is 1. The lowest BCUT2D eigenvalue weighted by Gasteiger charge is -2.05. The lowest BCUT2D eigenvalue weighted by Crippen LogP contribution is -2.19. The summed E-state index contributed by atoms with van der Waals surface area (Å²) in [5.41, 5.74) is 5.25. The Morgan fingerprint density at radius 1 is 1.06 bits per heavy atom. The molecule has 0 spiro atoms. The van der Waals surface area contributed by atoms with Crippen molar-refractivity contribution in [1.82, 2.24) is 15.4 Å². The zero-order valence-corrected chi connectivity index (χ0v) is 19.2. The molecular formula is C23H16Cl2N4O3S. The molecule has 4 rings (SSSR count). The highest BCUT2D eigenvalue weighted by atomic mass is 35.5. The number of para-hydroxylation sites is 2. The molecule has 3 aromatic carbocycles. The van der Waals surface area contributed by atoms with Crippen molar-refractivity contribution in [3.8, 4) is 5.75 Å². The highest BCUT2D eigenvalue weighted by Crippen LogP contribution is 2.23. The number of hydrazone groups is 1. The number of benzene rings is 3. The van der Waals surface area contributed by atoms with Gasteiger partial charge in [0.1, 0.15) is 5.75 Å². The molecule has 0 radical (unpaired) electrons. The van der Waals surface area contributed by atoms with Crippen LogP contribution in [0.5, 0.6) is 5.75 Å². The van der Waals surface area contributed by atoms with Crippen molar-refractivity contribution >= 4 is 64.1 Å². The summed E-state index contributed by atoms with van der Waals surface area (Å²) in [4.78, 5) is 31.8. The van der Waals surface area contributed by atoms with Crippen molar-refractivity contribution < 1.29 is 14.3 Å². The first-order chi connectivity index (χ1) is 16.0. The Morgan fingerprint density at radius 3 is 2.61 bits per heavy atom. The summed E-state index contributed by atoms with van der Waals surface area (Å²) in [5, 5.41) is 5.25. The number of hydrogen-bond donors (Lipinski definition) is 2. The van der Waals surface area contributed by atoms with Crippen LogP contribution in [0.15, 0.2) is 77.0 Å². The van der Waals surface area contributed by atoms with Gasteiger partial charge in [0.15, 0.2) is 5.16 Å². The number of ether oxygens (including phenoxy) is 1. The van der Waals surface area contributed by atoms with E-state index in [1.807, 2.05) is 24.3 Å². The van der Waals surface area contributed by atoms with Gasteiger partial charge >= 0.3 is 5.97 Å². The summed E-state index contributed by atoms with van der Waals surface area (Å²) < 4.78 is 5.32. The van der Waals surface area contributed by atoms with E-state index in [4.69, 9.17) is 27.9 Å². The molecule has 0 saturated heterocycles. The second kappa shape index (κ2) is 10.5. The number of rotatable bonds is 7. The molecule has 10 heteroatoms.